The fraction of sp³-hybridized carbons (Fsp3) is 0.312. The maximum absolute atomic E-state index is 13.1. The summed E-state index contributed by atoms with van der Waals surface area (Å²) in [5.41, 5.74) is 0.931. The second-order valence-corrected chi connectivity index (χ2v) is 7.48. The monoisotopic (exact) mass is 336 g/mol. The van der Waals surface area contributed by atoms with Crippen LogP contribution in [-0.2, 0) is 14.6 Å². The summed E-state index contributed by atoms with van der Waals surface area (Å²) >= 11 is 0. The molecule has 2 heterocycles. The SMILES string of the molecule is CS(=O)(=O)c1ccc(N2CCOCC2c2ccc(F)cc2)nc1. The van der Waals surface area contributed by atoms with Crippen LogP contribution in [-0.4, -0.2) is 39.4 Å². The Labute approximate surface area is 134 Å². The van der Waals surface area contributed by atoms with E-state index in [4.69, 9.17) is 4.74 Å². The maximum Gasteiger partial charge on any atom is 0.177 e. The van der Waals surface area contributed by atoms with Gasteiger partial charge in [-0.1, -0.05) is 12.1 Å². The smallest absolute Gasteiger partial charge is 0.177 e. The van der Waals surface area contributed by atoms with Crippen LogP contribution in [0.2, 0.25) is 0 Å². The van der Waals surface area contributed by atoms with Crippen molar-refractivity contribution in [2.24, 2.45) is 0 Å². The number of anilines is 1. The van der Waals surface area contributed by atoms with Gasteiger partial charge < -0.3 is 9.64 Å². The molecular formula is C16H17FN2O3S. The lowest BCUT2D eigenvalue weighted by molar-refractivity contribution is 0.0937. The summed E-state index contributed by atoms with van der Waals surface area (Å²) in [5, 5.41) is 0. The van der Waals surface area contributed by atoms with Gasteiger partial charge in [-0.3, -0.25) is 0 Å². The standard InChI is InChI=1S/C16H17FN2O3S/c1-23(20,21)14-6-7-16(18-10-14)19-8-9-22-11-15(19)12-2-4-13(17)5-3-12/h2-7,10,15H,8-9,11H2,1H3. The third-order valence-electron chi connectivity index (χ3n) is 3.83. The van der Waals surface area contributed by atoms with E-state index in [0.717, 1.165) is 11.8 Å². The van der Waals surface area contributed by atoms with Gasteiger partial charge in [-0.15, -0.1) is 0 Å². The van der Waals surface area contributed by atoms with Crippen molar-refractivity contribution >= 4 is 15.7 Å². The molecule has 0 bridgehead atoms. The zero-order valence-corrected chi connectivity index (χ0v) is 13.5. The molecule has 3 rings (SSSR count). The highest BCUT2D eigenvalue weighted by molar-refractivity contribution is 7.90. The molecule has 0 saturated carbocycles. The van der Waals surface area contributed by atoms with Gasteiger partial charge in [0.25, 0.3) is 0 Å². The van der Waals surface area contributed by atoms with Crippen molar-refractivity contribution in [1.82, 2.24) is 4.98 Å². The van der Waals surface area contributed by atoms with E-state index in [9.17, 15) is 12.8 Å². The fourth-order valence-corrected chi connectivity index (χ4v) is 3.16. The van der Waals surface area contributed by atoms with Crippen LogP contribution in [0.3, 0.4) is 0 Å². The second-order valence-electron chi connectivity index (χ2n) is 5.46. The summed E-state index contributed by atoms with van der Waals surface area (Å²) in [6.45, 7) is 1.67. The molecule has 0 aliphatic carbocycles. The zero-order valence-electron chi connectivity index (χ0n) is 12.6. The summed E-state index contributed by atoms with van der Waals surface area (Å²) < 4.78 is 41.7. The summed E-state index contributed by atoms with van der Waals surface area (Å²) in [5.74, 6) is 0.391. The number of aromatic nitrogens is 1. The highest BCUT2D eigenvalue weighted by atomic mass is 32.2. The molecule has 0 spiro atoms. The van der Waals surface area contributed by atoms with Gasteiger partial charge in [-0.2, -0.15) is 0 Å². The van der Waals surface area contributed by atoms with Crippen LogP contribution in [0.4, 0.5) is 10.2 Å². The summed E-state index contributed by atoms with van der Waals surface area (Å²) in [4.78, 5) is 6.51. The predicted octanol–water partition coefficient (Wildman–Crippen LogP) is 2.20. The van der Waals surface area contributed by atoms with Gasteiger partial charge in [0.2, 0.25) is 0 Å². The van der Waals surface area contributed by atoms with Crippen molar-refractivity contribution in [3.05, 3.63) is 54.0 Å². The lowest BCUT2D eigenvalue weighted by Crippen LogP contribution is -2.40. The first kappa shape index (κ1) is 15.9. The van der Waals surface area contributed by atoms with Crippen molar-refractivity contribution in [1.29, 1.82) is 0 Å². The number of halogens is 1. The van der Waals surface area contributed by atoms with Crippen LogP contribution in [0.25, 0.3) is 0 Å². The lowest BCUT2D eigenvalue weighted by atomic mass is 10.0. The Kier molecular flexibility index (Phi) is 4.32. The van der Waals surface area contributed by atoms with Crippen LogP contribution < -0.4 is 4.90 Å². The van der Waals surface area contributed by atoms with Gasteiger partial charge in [0.05, 0.1) is 24.2 Å². The first-order valence-electron chi connectivity index (χ1n) is 7.21. The molecule has 1 aliphatic heterocycles. The molecule has 1 aliphatic rings. The zero-order chi connectivity index (χ0) is 16.4. The number of pyridine rings is 1. The van der Waals surface area contributed by atoms with Gasteiger partial charge in [-0.25, -0.2) is 17.8 Å². The van der Waals surface area contributed by atoms with Crippen molar-refractivity contribution in [2.45, 2.75) is 10.9 Å². The van der Waals surface area contributed by atoms with E-state index in [1.807, 2.05) is 4.90 Å². The lowest BCUT2D eigenvalue weighted by Gasteiger charge is -2.36. The van der Waals surface area contributed by atoms with Crippen LogP contribution >= 0.6 is 0 Å². The number of hydrogen-bond acceptors (Lipinski definition) is 5. The van der Waals surface area contributed by atoms with E-state index in [1.165, 1.54) is 18.3 Å². The molecule has 0 N–H and O–H groups in total. The molecule has 5 nitrogen and oxygen atoms in total. The Bertz CT molecular complexity index is 776. The molecule has 23 heavy (non-hydrogen) atoms. The molecule has 122 valence electrons. The topological polar surface area (TPSA) is 59.5 Å². The summed E-state index contributed by atoms with van der Waals surface area (Å²) in [6.07, 6.45) is 2.52. The molecule has 7 heteroatoms. The molecule has 1 aromatic carbocycles. The Morgan fingerprint density at radius 3 is 2.57 bits per heavy atom. The van der Waals surface area contributed by atoms with Crippen LogP contribution in [0.1, 0.15) is 11.6 Å². The average Bonchev–Trinajstić information content (AvgIpc) is 2.55. The molecule has 1 fully saturated rings. The third-order valence-corrected chi connectivity index (χ3v) is 4.92. The molecule has 1 saturated heterocycles. The average molecular weight is 336 g/mol. The van der Waals surface area contributed by atoms with E-state index in [-0.39, 0.29) is 16.8 Å². The first-order valence-corrected chi connectivity index (χ1v) is 9.10. The molecular weight excluding hydrogens is 319 g/mol. The molecule has 0 radical (unpaired) electrons. The van der Waals surface area contributed by atoms with E-state index in [0.29, 0.717) is 25.6 Å². The second kappa shape index (κ2) is 6.25. The van der Waals surface area contributed by atoms with E-state index < -0.39 is 9.84 Å². The van der Waals surface area contributed by atoms with E-state index >= 15 is 0 Å². The molecule has 1 aromatic heterocycles. The minimum Gasteiger partial charge on any atom is -0.377 e. The third kappa shape index (κ3) is 3.51. The Morgan fingerprint density at radius 1 is 1.22 bits per heavy atom. The van der Waals surface area contributed by atoms with Crippen molar-refractivity contribution in [2.75, 3.05) is 30.9 Å². The van der Waals surface area contributed by atoms with Gasteiger partial charge in [0.15, 0.2) is 9.84 Å². The first-order chi connectivity index (χ1) is 10.9. The number of hydrogen-bond donors (Lipinski definition) is 0. The minimum absolute atomic E-state index is 0.0825. The number of morpholine rings is 1. The minimum atomic E-state index is -3.27. The predicted molar refractivity (Wildman–Crippen MR) is 84.7 cm³/mol. The maximum atomic E-state index is 13.1. The number of sulfone groups is 1. The van der Waals surface area contributed by atoms with Crippen LogP contribution in [0, 0.1) is 5.82 Å². The van der Waals surface area contributed by atoms with Crippen LogP contribution in [0.5, 0.6) is 0 Å². The number of rotatable bonds is 3. The summed E-state index contributed by atoms with van der Waals surface area (Å²) in [6, 6.07) is 9.46. The largest absolute Gasteiger partial charge is 0.377 e. The van der Waals surface area contributed by atoms with Crippen LogP contribution in [0.15, 0.2) is 47.5 Å². The molecule has 2 aromatic rings. The Balaban J connectivity index is 1.91. The van der Waals surface area contributed by atoms with Crippen molar-refractivity contribution < 1.29 is 17.5 Å². The highest BCUT2D eigenvalue weighted by Crippen LogP contribution is 2.29. The highest BCUT2D eigenvalue weighted by Gasteiger charge is 2.26. The number of ether oxygens (including phenoxy) is 1. The van der Waals surface area contributed by atoms with E-state index in [1.54, 1.807) is 24.3 Å². The van der Waals surface area contributed by atoms with Gasteiger partial charge in [0, 0.05) is 19.0 Å². The van der Waals surface area contributed by atoms with E-state index in [2.05, 4.69) is 4.98 Å². The van der Waals surface area contributed by atoms with Gasteiger partial charge in [0.1, 0.15) is 11.6 Å². The van der Waals surface area contributed by atoms with Gasteiger partial charge in [-0.05, 0) is 29.8 Å². The molecule has 0 amide bonds. The van der Waals surface area contributed by atoms with Crippen molar-refractivity contribution in [3.8, 4) is 0 Å². The van der Waals surface area contributed by atoms with Crippen molar-refractivity contribution in [3.63, 3.8) is 0 Å². The Morgan fingerprint density at radius 2 is 1.96 bits per heavy atom. The summed E-state index contributed by atoms with van der Waals surface area (Å²) in [7, 11) is -3.27. The molecule has 1 atom stereocenters. The fourth-order valence-electron chi connectivity index (χ4n) is 2.60. The molecule has 1 unspecified atom stereocenters. The normalized spacial score (nSPS) is 18.9. The Hall–Kier alpha value is -1.99. The van der Waals surface area contributed by atoms with Gasteiger partial charge >= 0.3 is 0 Å². The quantitative estimate of drug-likeness (QED) is 0.860. The number of nitrogens with zero attached hydrogens (tertiary/aromatic N) is 2. The number of benzene rings is 1.